The molecule has 0 saturated heterocycles. The predicted molar refractivity (Wildman–Crippen MR) is 88.4 cm³/mol. The zero-order valence-electron chi connectivity index (χ0n) is 12.8. The van der Waals surface area contributed by atoms with Crippen molar-refractivity contribution < 1.29 is 0 Å². The smallest absolute Gasteiger partial charge is 0.0409 e. The van der Waals surface area contributed by atoms with Crippen LogP contribution < -0.4 is 5.73 Å². The van der Waals surface area contributed by atoms with E-state index in [4.69, 9.17) is 5.73 Å². The van der Waals surface area contributed by atoms with Gasteiger partial charge in [-0.2, -0.15) is 0 Å². The Kier molecular flexibility index (Phi) is 4.09. The summed E-state index contributed by atoms with van der Waals surface area (Å²) in [6, 6.07) is 19.5. The molecule has 2 aromatic carbocycles. The molecule has 0 bridgehead atoms. The molecule has 0 atom stereocenters. The van der Waals surface area contributed by atoms with Gasteiger partial charge in [-0.15, -0.1) is 0 Å². The molecule has 1 aliphatic carbocycles. The minimum atomic E-state index is 0.0957. The molecule has 0 fully saturated rings. The van der Waals surface area contributed by atoms with Crippen molar-refractivity contribution in [3.05, 3.63) is 71.3 Å². The highest BCUT2D eigenvalue weighted by Gasteiger charge is 2.39. The van der Waals surface area contributed by atoms with Crippen LogP contribution >= 0.6 is 0 Å². The van der Waals surface area contributed by atoms with Crippen LogP contribution in [0.25, 0.3) is 0 Å². The molecule has 2 N–H and O–H groups in total. The lowest BCUT2D eigenvalue weighted by Crippen LogP contribution is -2.53. The zero-order valence-corrected chi connectivity index (χ0v) is 12.8. The van der Waals surface area contributed by atoms with Crippen molar-refractivity contribution in [1.82, 2.24) is 4.90 Å². The highest BCUT2D eigenvalue weighted by atomic mass is 15.2. The first kappa shape index (κ1) is 14.3. The maximum Gasteiger partial charge on any atom is 0.0409 e. The molecule has 0 aromatic heterocycles. The number of benzene rings is 2. The van der Waals surface area contributed by atoms with Crippen LogP contribution in [0.3, 0.4) is 0 Å². The average Bonchev–Trinajstić information content (AvgIpc) is 2.93. The van der Waals surface area contributed by atoms with E-state index in [9.17, 15) is 0 Å². The van der Waals surface area contributed by atoms with Crippen LogP contribution in [0.5, 0.6) is 0 Å². The first-order valence-corrected chi connectivity index (χ1v) is 7.75. The van der Waals surface area contributed by atoms with Crippen molar-refractivity contribution in [2.75, 3.05) is 20.1 Å². The molecule has 110 valence electrons. The largest absolute Gasteiger partial charge is 0.329 e. The lowest BCUT2D eigenvalue weighted by Gasteiger charge is -2.38. The van der Waals surface area contributed by atoms with E-state index in [-0.39, 0.29) is 5.54 Å². The Hall–Kier alpha value is -1.64. The number of nitrogens with zero attached hydrogens (tertiary/aromatic N) is 1. The molecule has 0 amide bonds. The minimum absolute atomic E-state index is 0.0957. The van der Waals surface area contributed by atoms with Gasteiger partial charge in [-0.05, 0) is 43.0 Å². The van der Waals surface area contributed by atoms with Crippen molar-refractivity contribution in [2.45, 2.75) is 24.8 Å². The summed E-state index contributed by atoms with van der Waals surface area (Å²) in [7, 11) is 2.22. The van der Waals surface area contributed by atoms with Crippen molar-refractivity contribution >= 4 is 0 Å². The van der Waals surface area contributed by atoms with Crippen LogP contribution in [-0.4, -0.2) is 30.6 Å². The van der Waals surface area contributed by atoms with Crippen LogP contribution in [-0.2, 0) is 19.3 Å². The van der Waals surface area contributed by atoms with Gasteiger partial charge in [-0.25, -0.2) is 0 Å². The van der Waals surface area contributed by atoms with Crippen LogP contribution in [0.4, 0.5) is 0 Å². The van der Waals surface area contributed by atoms with Crippen molar-refractivity contribution in [3.8, 4) is 0 Å². The Morgan fingerprint density at radius 3 is 2.10 bits per heavy atom. The van der Waals surface area contributed by atoms with Gasteiger partial charge in [-0.1, -0.05) is 54.6 Å². The quantitative estimate of drug-likeness (QED) is 0.912. The van der Waals surface area contributed by atoms with Crippen LogP contribution in [0.15, 0.2) is 54.6 Å². The molecule has 0 radical (unpaired) electrons. The third kappa shape index (κ3) is 2.87. The second-order valence-electron chi connectivity index (χ2n) is 6.21. The number of hydrogen-bond donors (Lipinski definition) is 1. The summed E-state index contributed by atoms with van der Waals surface area (Å²) < 4.78 is 0. The predicted octanol–water partition coefficient (Wildman–Crippen LogP) is 2.66. The average molecular weight is 280 g/mol. The van der Waals surface area contributed by atoms with Gasteiger partial charge in [0, 0.05) is 18.6 Å². The van der Waals surface area contributed by atoms with Gasteiger partial charge in [-0.3, -0.25) is 4.90 Å². The molecule has 21 heavy (non-hydrogen) atoms. The Balaban J connectivity index is 1.70. The Bertz CT molecular complexity index is 567. The number of hydrogen-bond acceptors (Lipinski definition) is 2. The maximum absolute atomic E-state index is 6.18. The van der Waals surface area contributed by atoms with E-state index < -0.39 is 0 Å². The lowest BCUT2D eigenvalue weighted by molar-refractivity contribution is 0.137. The number of nitrogens with two attached hydrogens (primary N) is 1. The summed E-state index contributed by atoms with van der Waals surface area (Å²) in [5, 5.41) is 0. The summed E-state index contributed by atoms with van der Waals surface area (Å²) in [6.45, 7) is 1.77. The molecule has 0 saturated carbocycles. The van der Waals surface area contributed by atoms with Crippen molar-refractivity contribution in [2.24, 2.45) is 5.73 Å². The molecular formula is C19H24N2. The maximum atomic E-state index is 6.18. The van der Waals surface area contributed by atoms with Gasteiger partial charge in [0.05, 0.1) is 0 Å². The third-order valence-corrected chi connectivity index (χ3v) is 4.93. The molecule has 1 aliphatic rings. The topological polar surface area (TPSA) is 29.3 Å². The van der Waals surface area contributed by atoms with Gasteiger partial charge in [0.1, 0.15) is 0 Å². The Morgan fingerprint density at radius 2 is 1.52 bits per heavy atom. The number of fused-ring (bicyclic) bond motifs is 1. The summed E-state index contributed by atoms with van der Waals surface area (Å²) >= 11 is 0. The highest BCUT2D eigenvalue weighted by Crippen LogP contribution is 2.33. The first-order valence-electron chi connectivity index (χ1n) is 7.75. The van der Waals surface area contributed by atoms with E-state index in [0.29, 0.717) is 6.54 Å². The fraction of sp³-hybridized carbons (Fsp3) is 0.368. The van der Waals surface area contributed by atoms with Crippen molar-refractivity contribution in [3.63, 3.8) is 0 Å². The van der Waals surface area contributed by atoms with E-state index in [1.807, 2.05) is 0 Å². The minimum Gasteiger partial charge on any atom is -0.329 e. The fourth-order valence-electron chi connectivity index (χ4n) is 3.42. The summed E-state index contributed by atoms with van der Waals surface area (Å²) in [5.41, 5.74) is 10.6. The second kappa shape index (κ2) is 6.00. The van der Waals surface area contributed by atoms with Crippen LogP contribution in [0.2, 0.25) is 0 Å². The summed E-state index contributed by atoms with van der Waals surface area (Å²) in [6.07, 6.45) is 3.23. The molecular weight excluding hydrogens is 256 g/mol. The standard InChI is InChI=1S/C19H24N2/c1-21(12-11-16-7-3-2-4-8-16)19(15-20)13-17-9-5-6-10-18(17)14-19/h2-10H,11-15,20H2,1H3. The summed E-state index contributed by atoms with van der Waals surface area (Å²) in [4.78, 5) is 2.47. The van der Waals surface area contributed by atoms with Gasteiger partial charge in [0.2, 0.25) is 0 Å². The zero-order chi connectivity index (χ0) is 14.7. The van der Waals surface area contributed by atoms with Crippen LogP contribution in [0, 0.1) is 0 Å². The van der Waals surface area contributed by atoms with E-state index in [1.54, 1.807) is 0 Å². The van der Waals surface area contributed by atoms with Crippen LogP contribution in [0.1, 0.15) is 16.7 Å². The number of likely N-dealkylation sites (N-methyl/N-ethyl adjacent to an activating group) is 1. The normalized spacial score (nSPS) is 16.1. The Morgan fingerprint density at radius 1 is 0.952 bits per heavy atom. The molecule has 0 heterocycles. The Labute approximate surface area is 127 Å². The van der Waals surface area contributed by atoms with E-state index >= 15 is 0 Å². The van der Waals surface area contributed by atoms with Gasteiger partial charge in [0.15, 0.2) is 0 Å². The molecule has 2 aromatic rings. The molecule has 0 aliphatic heterocycles. The summed E-state index contributed by atoms with van der Waals surface area (Å²) in [5.74, 6) is 0. The van der Waals surface area contributed by atoms with E-state index in [0.717, 1.165) is 25.8 Å². The SMILES string of the molecule is CN(CCc1ccccc1)C1(CN)Cc2ccccc2C1. The first-order chi connectivity index (χ1) is 10.2. The molecule has 3 rings (SSSR count). The van der Waals surface area contributed by atoms with Gasteiger partial charge < -0.3 is 5.73 Å². The van der Waals surface area contributed by atoms with Crippen molar-refractivity contribution in [1.29, 1.82) is 0 Å². The molecule has 2 nitrogen and oxygen atoms in total. The molecule has 2 heteroatoms. The van der Waals surface area contributed by atoms with E-state index in [2.05, 4.69) is 66.5 Å². The fourth-order valence-corrected chi connectivity index (χ4v) is 3.42. The van der Waals surface area contributed by atoms with Gasteiger partial charge >= 0.3 is 0 Å². The third-order valence-electron chi connectivity index (χ3n) is 4.93. The monoisotopic (exact) mass is 280 g/mol. The molecule has 0 unspecified atom stereocenters. The van der Waals surface area contributed by atoms with E-state index in [1.165, 1.54) is 16.7 Å². The lowest BCUT2D eigenvalue weighted by atomic mass is 9.93. The second-order valence-corrected chi connectivity index (χ2v) is 6.21. The molecule has 0 spiro atoms. The highest BCUT2D eigenvalue weighted by molar-refractivity contribution is 5.36. The van der Waals surface area contributed by atoms with Gasteiger partial charge in [0.25, 0.3) is 0 Å². The number of rotatable bonds is 5.